The molecule has 1 aromatic carbocycles. The quantitative estimate of drug-likeness (QED) is 0.470. The van der Waals surface area contributed by atoms with Crippen molar-refractivity contribution in [3.63, 3.8) is 0 Å². The zero-order valence-electron chi connectivity index (χ0n) is 21.6. The van der Waals surface area contributed by atoms with Gasteiger partial charge < -0.3 is 14.7 Å². The van der Waals surface area contributed by atoms with Gasteiger partial charge in [-0.25, -0.2) is 18.6 Å². The molecule has 3 aromatic rings. The van der Waals surface area contributed by atoms with Crippen LogP contribution in [0.1, 0.15) is 50.5 Å². The maximum Gasteiger partial charge on any atom is 0.412 e. The third-order valence-electron chi connectivity index (χ3n) is 5.88. The monoisotopic (exact) mass is 548 g/mol. The predicted molar refractivity (Wildman–Crippen MR) is 140 cm³/mol. The van der Waals surface area contributed by atoms with E-state index in [1.165, 1.54) is 22.5 Å². The van der Waals surface area contributed by atoms with Crippen LogP contribution in [0.15, 0.2) is 29.9 Å². The van der Waals surface area contributed by atoms with E-state index in [1.807, 2.05) is 4.90 Å². The minimum absolute atomic E-state index is 0.0642. The topological polar surface area (TPSA) is 113 Å². The van der Waals surface area contributed by atoms with E-state index in [4.69, 9.17) is 4.74 Å². The van der Waals surface area contributed by atoms with Gasteiger partial charge in [-0.3, -0.25) is 19.7 Å². The number of aromatic nitrogens is 3. The predicted octanol–water partition coefficient (Wildman–Crippen LogP) is 4.83. The second-order valence-electron chi connectivity index (χ2n) is 9.92. The highest BCUT2D eigenvalue weighted by Crippen LogP contribution is 2.39. The molecule has 2 amide bonds. The van der Waals surface area contributed by atoms with Gasteiger partial charge in [0.2, 0.25) is 0 Å². The number of halogens is 2. The molecule has 0 aliphatic carbocycles. The number of anilines is 4. The Morgan fingerprint density at radius 2 is 1.92 bits per heavy atom. The molecule has 4 rings (SSSR count). The summed E-state index contributed by atoms with van der Waals surface area (Å²) < 4.78 is 37.1. The van der Waals surface area contributed by atoms with Gasteiger partial charge in [0.05, 0.1) is 17.8 Å². The molecule has 1 unspecified atom stereocenters. The first-order valence-electron chi connectivity index (χ1n) is 12.1. The summed E-state index contributed by atoms with van der Waals surface area (Å²) in [7, 11) is 1.67. The molecular weight excluding hydrogens is 518 g/mol. The Kier molecular flexibility index (Phi) is 7.97. The molecule has 1 aliphatic heterocycles. The van der Waals surface area contributed by atoms with Crippen LogP contribution in [0.4, 0.5) is 35.8 Å². The number of benzene rings is 1. The van der Waals surface area contributed by atoms with Crippen molar-refractivity contribution < 1.29 is 28.2 Å². The Morgan fingerprint density at radius 1 is 1.21 bits per heavy atom. The number of aryl methyl sites for hydroxylation is 1. The third kappa shape index (κ3) is 5.94. The fourth-order valence-electron chi connectivity index (χ4n) is 4.26. The molecule has 2 N–H and O–H groups in total. The van der Waals surface area contributed by atoms with Crippen molar-refractivity contribution in [1.82, 2.24) is 14.8 Å². The lowest BCUT2D eigenvalue weighted by atomic mass is 10.2. The number of ether oxygens (including phenoxy) is 1. The maximum atomic E-state index is 15.2. The fourth-order valence-corrected chi connectivity index (χ4v) is 4.92. The number of para-hydroxylation sites is 1. The largest absolute Gasteiger partial charge is 0.444 e. The number of carbonyl (C=O) groups excluding carboxylic acids is 2. The zero-order chi connectivity index (χ0) is 27.6. The van der Waals surface area contributed by atoms with Crippen LogP contribution in [0, 0.1) is 11.6 Å². The molecule has 0 spiro atoms. The molecule has 2 aromatic heterocycles. The lowest BCUT2D eigenvalue weighted by Gasteiger charge is -2.29. The SMILES string of the molecule is Cn1ncc(N(C(=O)c2ncsc2NC(=O)OC(C)(C)C)c2c(F)cccc2F)c1N1CCCC(O)CC1. The van der Waals surface area contributed by atoms with E-state index in [0.29, 0.717) is 38.2 Å². The Labute approximate surface area is 222 Å². The van der Waals surface area contributed by atoms with E-state index in [-0.39, 0.29) is 16.4 Å². The standard InChI is InChI=1S/C25H30F2N6O4S/c1-25(2,3)37-24(36)30-21-19(28-14-38-21)23(35)33(20-16(26)8-5-9-17(20)27)18-13-29-31(4)22(18)32-11-6-7-15(34)10-12-32/h5,8-9,13-15,34H,6-7,10-12H2,1-4H3,(H,30,36). The highest BCUT2D eigenvalue weighted by molar-refractivity contribution is 7.14. The van der Waals surface area contributed by atoms with Crippen LogP contribution in [0.2, 0.25) is 0 Å². The molecule has 10 nitrogen and oxygen atoms in total. The summed E-state index contributed by atoms with van der Waals surface area (Å²) >= 11 is 0.972. The van der Waals surface area contributed by atoms with Crippen LogP contribution in [0.3, 0.4) is 0 Å². The van der Waals surface area contributed by atoms with Crippen molar-refractivity contribution in [3.8, 4) is 0 Å². The Balaban J connectivity index is 1.80. The van der Waals surface area contributed by atoms with E-state index in [0.717, 1.165) is 28.4 Å². The first kappa shape index (κ1) is 27.5. The van der Waals surface area contributed by atoms with Gasteiger partial charge in [-0.2, -0.15) is 5.10 Å². The summed E-state index contributed by atoms with van der Waals surface area (Å²) in [5.74, 6) is -2.34. The lowest BCUT2D eigenvalue weighted by molar-refractivity contribution is 0.0636. The number of aliphatic hydroxyl groups excluding tert-OH is 1. The molecular formula is C25H30F2N6O4S. The normalized spacial score (nSPS) is 16.2. The number of nitrogens with zero attached hydrogens (tertiary/aromatic N) is 5. The second-order valence-corrected chi connectivity index (χ2v) is 10.8. The maximum absolute atomic E-state index is 15.2. The van der Waals surface area contributed by atoms with Crippen molar-refractivity contribution >= 4 is 45.5 Å². The minimum Gasteiger partial charge on any atom is -0.444 e. The molecule has 0 radical (unpaired) electrons. The van der Waals surface area contributed by atoms with Gasteiger partial charge in [-0.1, -0.05) is 6.07 Å². The van der Waals surface area contributed by atoms with Crippen LogP contribution in [0.5, 0.6) is 0 Å². The minimum atomic E-state index is -0.962. The molecule has 0 bridgehead atoms. The highest BCUT2D eigenvalue weighted by Gasteiger charge is 2.34. The number of aliphatic hydroxyl groups is 1. The first-order valence-corrected chi connectivity index (χ1v) is 13.0. The van der Waals surface area contributed by atoms with E-state index in [2.05, 4.69) is 15.4 Å². The third-order valence-corrected chi connectivity index (χ3v) is 6.62. The van der Waals surface area contributed by atoms with Crippen molar-refractivity contribution in [2.45, 2.75) is 51.7 Å². The number of nitrogens with one attached hydrogen (secondary N) is 1. The summed E-state index contributed by atoms with van der Waals surface area (Å²) in [4.78, 5) is 33.3. The Morgan fingerprint density at radius 3 is 2.61 bits per heavy atom. The number of amides is 2. The average Bonchev–Trinajstić information content (AvgIpc) is 3.37. The molecule has 1 aliphatic rings. The van der Waals surface area contributed by atoms with Gasteiger partial charge in [0, 0.05) is 20.1 Å². The summed E-state index contributed by atoms with van der Waals surface area (Å²) in [6.45, 7) is 6.09. The van der Waals surface area contributed by atoms with E-state index >= 15 is 8.78 Å². The summed E-state index contributed by atoms with van der Waals surface area (Å²) in [6, 6.07) is 3.31. The van der Waals surface area contributed by atoms with Crippen LogP contribution in [0.25, 0.3) is 0 Å². The van der Waals surface area contributed by atoms with Crippen molar-refractivity contribution in [2.24, 2.45) is 7.05 Å². The highest BCUT2D eigenvalue weighted by atomic mass is 32.1. The summed E-state index contributed by atoms with van der Waals surface area (Å²) in [5.41, 5.74) is -0.125. The molecule has 1 fully saturated rings. The number of rotatable bonds is 5. The number of thiazole rings is 1. The number of hydrogen-bond acceptors (Lipinski definition) is 8. The zero-order valence-corrected chi connectivity index (χ0v) is 22.4. The Hall–Kier alpha value is -3.58. The summed E-state index contributed by atoms with van der Waals surface area (Å²) in [5, 5.41) is 17.0. The lowest BCUT2D eigenvalue weighted by Crippen LogP contribution is -2.33. The van der Waals surface area contributed by atoms with Crippen LogP contribution < -0.4 is 15.1 Å². The van der Waals surface area contributed by atoms with Crippen molar-refractivity contribution in [3.05, 3.63) is 47.2 Å². The molecule has 1 saturated heterocycles. The molecule has 38 heavy (non-hydrogen) atoms. The van der Waals surface area contributed by atoms with Gasteiger partial charge >= 0.3 is 6.09 Å². The molecule has 204 valence electrons. The fraction of sp³-hybridized carbons (Fsp3) is 0.440. The van der Waals surface area contributed by atoms with Gasteiger partial charge in [0.15, 0.2) is 11.5 Å². The van der Waals surface area contributed by atoms with Crippen LogP contribution in [-0.2, 0) is 11.8 Å². The van der Waals surface area contributed by atoms with Gasteiger partial charge in [-0.05, 0) is 52.2 Å². The number of carbonyl (C=O) groups is 2. The molecule has 13 heteroatoms. The first-order chi connectivity index (χ1) is 18.0. The summed E-state index contributed by atoms with van der Waals surface area (Å²) in [6.07, 6.45) is 1.88. The Bertz CT molecular complexity index is 1300. The van der Waals surface area contributed by atoms with Gasteiger partial charge in [0.25, 0.3) is 5.91 Å². The van der Waals surface area contributed by atoms with Crippen molar-refractivity contribution in [2.75, 3.05) is 28.2 Å². The van der Waals surface area contributed by atoms with Crippen molar-refractivity contribution in [1.29, 1.82) is 0 Å². The molecule has 0 saturated carbocycles. The van der Waals surface area contributed by atoms with Gasteiger partial charge in [0.1, 0.15) is 33.6 Å². The second kappa shape index (κ2) is 11.0. The van der Waals surface area contributed by atoms with Crippen LogP contribution >= 0.6 is 11.3 Å². The molecule has 3 heterocycles. The van der Waals surface area contributed by atoms with E-state index in [1.54, 1.807) is 27.8 Å². The smallest absolute Gasteiger partial charge is 0.412 e. The van der Waals surface area contributed by atoms with E-state index in [9.17, 15) is 14.7 Å². The number of hydrogen-bond donors (Lipinski definition) is 2. The van der Waals surface area contributed by atoms with Gasteiger partial charge in [-0.15, -0.1) is 11.3 Å². The average molecular weight is 549 g/mol. The van der Waals surface area contributed by atoms with Crippen LogP contribution in [-0.4, -0.2) is 56.7 Å². The molecule has 1 atom stereocenters. The van der Waals surface area contributed by atoms with E-state index < -0.39 is 41.0 Å².